The Morgan fingerprint density at radius 1 is 1.16 bits per heavy atom. The first-order chi connectivity index (χ1) is 12.1. The Bertz CT molecular complexity index is 832. The molecule has 1 N–H and O–H groups in total. The molecule has 0 aliphatic rings. The molecule has 3 aromatic rings. The summed E-state index contributed by atoms with van der Waals surface area (Å²) in [5, 5.41) is 4.40. The van der Waals surface area contributed by atoms with Crippen LogP contribution in [0.2, 0.25) is 0 Å². The summed E-state index contributed by atoms with van der Waals surface area (Å²) in [6.07, 6.45) is 4.61. The van der Waals surface area contributed by atoms with Crippen molar-refractivity contribution >= 4 is 11.3 Å². The van der Waals surface area contributed by atoms with Gasteiger partial charge in [0.2, 0.25) is 0 Å². The van der Waals surface area contributed by atoms with Crippen LogP contribution in [0.1, 0.15) is 48.5 Å². The molecule has 1 aromatic carbocycles. The molecule has 0 saturated heterocycles. The lowest BCUT2D eigenvalue weighted by atomic mass is 10.0. The van der Waals surface area contributed by atoms with Crippen LogP contribution in [0.5, 0.6) is 0 Å². The van der Waals surface area contributed by atoms with Crippen LogP contribution in [-0.2, 0) is 0 Å². The van der Waals surface area contributed by atoms with Gasteiger partial charge in [-0.1, -0.05) is 19.1 Å². The van der Waals surface area contributed by atoms with Crippen molar-refractivity contribution in [3.05, 3.63) is 70.7 Å². The topological polar surface area (TPSA) is 37.8 Å². The molecule has 130 valence electrons. The van der Waals surface area contributed by atoms with E-state index >= 15 is 0 Å². The summed E-state index contributed by atoms with van der Waals surface area (Å²) in [7, 11) is 0. The van der Waals surface area contributed by atoms with Crippen molar-refractivity contribution in [3.63, 3.8) is 0 Å². The molecule has 0 aliphatic carbocycles. The van der Waals surface area contributed by atoms with Crippen LogP contribution in [0.4, 0.5) is 4.39 Å². The van der Waals surface area contributed by atoms with Gasteiger partial charge in [0, 0.05) is 34.9 Å². The number of nitrogens with one attached hydrogen (secondary N) is 1. The van der Waals surface area contributed by atoms with Gasteiger partial charge in [0.05, 0.1) is 5.69 Å². The zero-order chi connectivity index (χ0) is 17.8. The number of rotatable bonds is 6. The molecule has 0 bridgehead atoms. The minimum atomic E-state index is -0.230. The standard InChI is InChI=1S/C20H22FN3S/c1-4-18(15-9-11-22-12-10-15)23-13(2)19-14(3)24-20(25-19)16-7-5-6-8-17(16)21/h5-13,18,23H,4H2,1-3H3. The molecule has 3 nitrogen and oxygen atoms in total. The van der Waals surface area contributed by atoms with Crippen molar-refractivity contribution < 1.29 is 4.39 Å². The fourth-order valence-corrected chi connectivity index (χ4v) is 4.09. The number of benzene rings is 1. The van der Waals surface area contributed by atoms with Crippen LogP contribution in [-0.4, -0.2) is 9.97 Å². The molecule has 2 heterocycles. The number of thiazole rings is 1. The Kier molecular flexibility index (Phi) is 5.56. The minimum absolute atomic E-state index is 0.135. The van der Waals surface area contributed by atoms with Gasteiger partial charge in [-0.25, -0.2) is 9.37 Å². The number of hydrogen-bond acceptors (Lipinski definition) is 4. The van der Waals surface area contributed by atoms with E-state index in [2.05, 4.69) is 29.1 Å². The monoisotopic (exact) mass is 355 g/mol. The molecule has 0 spiro atoms. The highest BCUT2D eigenvalue weighted by Crippen LogP contribution is 2.34. The number of pyridine rings is 1. The molecule has 0 aliphatic heterocycles. The van der Waals surface area contributed by atoms with E-state index in [1.807, 2.05) is 37.5 Å². The summed E-state index contributed by atoms with van der Waals surface area (Å²) >= 11 is 1.56. The molecular formula is C20H22FN3S. The molecular weight excluding hydrogens is 333 g/mol. The molecule has 2 unspecified atom stereocenters. The lowest BCUT2D eigenvalue weighted by molar-refractivity contribution is 0.459. The fourth-order valence-electron chi connectivity index (χ4n) is 2.98. The normalized spacial score (nSPS) is 13.6. The maximum Gasteiger partial charge on any atom is 0.133 e. The smallest absolute Gasteiger partial charge is 0.133 e. The third kappa shape index (κ3) is 3.94. The van der Waals surface area contributed by atoms with Crippen LogP contribution in [0.25, 0.3) is 10.6 Å². The minimum Gasteiger partial charge on any atom is -0.303 e. The first-order valence-electron chi connectivity index (χ1n) is 8.48. The van der Waals surface area contributed by atoms with E-state index in [-0.39, 0.29) is 17.9 Å². The summed E-state index contributed by atoms with van der Waals surface area (Å²) in [4.78, 5) is 9.83. The predicted octanol–water partition coefficient (Wildman–Crippen LogP) is 5.45. The van der Waals surface area contributed by atoms with E-state index in [0.717, 1.165) is 22.0 Å². The highest BCUT2D eigenvalue weighted by molar-refractivity contribution is 7.15. The molecule has 3 rings (SSSR count). The second-order valence-corrected chi connectivity index (χ2v) is 7.11. The zero-order valence-electron chi connectivity index (χ0n) is 14.7. The van der Waals surface area contributed by atoms with E-state index in [1.54, 1.807) is 23.5 Å². The van der Waals surface area contributed by atoms with Crippen LogP contribution < -0.4 is 5.32 Å². The Hall–Kier alpha value is -2.11. The highest BCUT2D eigenvalue weighted by Gasteiger charge is 2.20. The Labute approximate surface area is 152 Å². The fraction of sp³-hybridized carbons (Fsp3) is 0.300. The van der Waals surface area contributed by atoms with E-state index < -0.39 is 0 Å². The lowest BCUT2D eigenvalue weighted by Crippen LogP contribution is -2.24. The second kappa shape index (κ2) is 7.85. The van der Waals surface area contributed by atoms with Crippen LogP contribution in [0.3, 0.4) is 0 Å². The van der Waals surface area contributed by atoms with Gasteiger partial charge in [0.15, 0.2) is 0 Å². The van der Waals surface area contributed by atoms with Gasteiger partial charge in [-0.2, -0.15) is 0 Å². The summed E-state index contributed by atoms with van der Waals surface area (Å²) in [6, 6.07) is 11.3. The SMILES string of the molecule is CCC(NC(C)c1sc(-c2ccccc2F)nc1C)c1ccncc1. The summed E-state index contributed by atoms with van der Waals surface area (Å²) < 4.78 is 14.0. The lowest BCUT2D eigenvalue weighted by Gasteiger charge is -2.22. The predicted molar refractivity (Wildman–Crippen MR) is 101 cm³/mol. The van der Waals surface area contributed by atoms with Crippen LogP contribution >= 0.6 is 11.3 Å². The molecule has 0 amide bonds. The Morgan fingerprint density at radius 3 is 2.56 bits per heavy atom. The first kappa shape index (κ1) is 17.7. The van der Waals surface area contributed by atoms with E-state index in [9.17, 15) is 4.39 Å². The van der Waals surface area contributed by atoms with Gasteiger partial charge >= 0.3 is 0 Å². The maximum atomic E-state index is 14.0. The number of aromatic nitrogens is 2. The molecule has 5 heteroatoms. The number of halogens is 1. The molecule has 0 fully saturated rings. The van der Waals surface area contributed by atoms with Crippen molar-refractivity contribution in [2.24, 2.45) is 0 Å². The second-order valence-electron chi connectivity index (χ2n) is 6.08. The number of hydrogen-bond donors (Lipinski definition) is 1. The van der Waals surface area contributed by atoms with Gasteiger partial charge < -0.3 is 5.32 Å². The Balaban J connectivity index is 1.83. The van der Waals surface area contributed by atoms with Crippen LogP contribution in [0.15, 0.2) is 48.8 Å². The molecule has 0 radical (unpaired) electrons. The van der Waals surface area contributed by atoms with Crippen molar-refractivity contribution in [3.8, 4) is 10.6 Å². The average Bonchev–Trinajstić information content (AvgIpc) is 3.02. The summed E-state index contributed by atoms with van der Waals surface area (Å²) in [5.74, 6) is -0.230. The maximum absolute atomic E-state index is 14.0. The van der Waals surface area contributed by atoms with E-state index in [0.29, 0.717) is 5.56 Å². The quantitative estimate of drug-likeness (QED) is 0.638. The number of aryl methyl sites for hydroxylation is 1. The van der Waals surface area contributed by atoms with Gasteiger partial charge in [-0.05, 0) is 50.1 Å². The van der Waals surface area contributed by atoms with E-state index in [4.69, 9.17) is 0 Å². The largest absolute Gasteiger partial charge is 0.303 e. The van der Waals surface area contributed by atoms with Gasteiger partial charge in [-0.15, -0.1) is 11.3 Å². The first-order valence-corrected chi connectivity index (χ1v) is 9.30. The van der Waals surface area contributed by atoms with Crippen molar-refractivity contribution in [2.45, 2.75) is 39.3 Å². The number of nitrogens with zero attached hydrogens (tertiary/aromatic N) is 2. The third-order valence-corrected chi connectivity index (χ3v) is 5.67. The van der Waals surface area contributed by atoms with Gasteiger partial charge in [0.1, 0.15) is 10.8 Å². The van der Waals surface area contributed by atoms with Crippen LogP contribution in [0, 0.1) is 12.7 Å². The highest BCUT2D eigenvalue weighted by atomic mass is 32.1. The Morgan fingerprint density at radius 2 is 1.88 bits per heavy atom. The molecule has 2 aromatic heterocycles. The van der Waals surface area contributed by atoms with Crippen molar-refractivity contribution in [1.82, 2.24) is 15.3 Å². The molecule has 25 heavy (non-hydrogen) atoms. The van der Waals surface area contributed by atoms with Crippen molar-refractivity contribution in [1.29, 1.82) is 0 Å². The average molecular weight is 355 g/mol. The summed E-state index contributed by atoms with van der Waals surface area (Å²) in [5.41, 5.74) is 2.74. The summed E-state index contributed by atoms with van der Waals surface area (Å²) in [6.45, 7) is 6.28. The molecule has 2 atom stereocenters. The van der Waals surface area contributed by atoms with E-state index in [1.165, 1.54) is 11.6 Å². The van der Waals surface area contributed by atoms with Gasteiger partial charge in [-0.3, -0.25) is 4.98 Å². The zero-order valence-corrected chi connectivity index (χ0v) is 15.5. The van der Waals surface area contributed by atoms with Crippen molar-refractivity contribution in [2.75, 3.05) is 0 Å². The third-order valence-electron chi connectivity index (χ3n) is 4.30. The molecule has 0 saturated carbocycles. The van der Waals surface area contributed by atoms with Gasteiger partial charge in [0.25, 0.3) is 0 Å².